The third-order valence-corrected chi connectivity index (χ3v) is 3.83. The van der Waals surface area contributed by atoms with Gasteiger partial charge in [-0.15, -0.1) is 0 Å². The number of carbonyl (C=O) groups is 2. The highest BCUT2D eigenvalue weighted by Crippen LogP contribution is 2.20. The molecule has 0 unspecified atom stereocenters. The summed E-state index contributed by atoms with van der Waals surface area (Å²) in [5, 5.41) is 3.11. The normalized spacial score (nSPS) is 10.3. The summed E-state index contributed by atoms with van der Waals surface area (Å²) in [7, 11) is 0. The third-order valence-electron chi connectivity index (χ3n) is 3.28. The Morgan fingerprint density at radius 3 is 2.38 bits per heavy atom. The monoisotopic (exact) mass is 368 g/mol. The van der Waals surface area contributed by atoms with Crippen molar-refractivity contribution in [3.63, 3.8) is 0 Å². The fraction of sp³-hybridized carbons (Fsp3) is 0.176. The molecule has 0 heterocycles. The van der Waals surface area contributed by atoms with Gasteiger partial charge in [0.2, 0.25) is 11.8 Å². The quantitative estimate of drug-likeness (QED) is 0.843. The van der Waals surface area contributed by atoms with E-state index in [4.69, 9.17) is 23.2 Å². The summed E-state index contributed by atoms with van der Waals surface area (Å²) < 4.78 is 13.1. The lowest BCUT2D eigenvalue weighted by Gasteiger charge is -2.21. The number of halogens is 3. The van der Waals surface area contributed by atoms with E-state index < -0.39 is 5.82 Å². The van der Waals surface area contributed by atoms with E-state index in [-0.39, 0.29) is 29.8 Å². The molecule has 2 rings (SSSR count). The van der Waals surface area contributed by atoms with Crippen molar-refractivity contribution in [2.75, 3.05) is 16.8 Å². The maximum absolute atomic E-state index is 13.1. The molecule has 0 atom stereocenters. The number of hydrogen-bond donors (Lipinski definition) is 1. The van der Waals surface area contributed by atoms with Crippen LogP contribution >= 0.6 is 23.2 Å². The fourth-order valence-electron chi connectivity index (χ4n) is 2.10. The van der Waals surface area contributed by atoms with Crippen molar-refractivity contribution < 1.29 is 14.0 Å². The largest absolute Gasteiger partial charge is 0.326 e. The van der Waals surface area contributed by atoms with Crippen LogP contribution in [0.4, 0.5) is 15.8 Å². The number of rotatable bonds is 5. The van der Waals surface area contributed by atoms with Crippen molar-refractivity contribution in [1.29, 1.82) is 0 Å². The fourth-order valence-corrected chi connectivity index (χ4v) is 2.41. The summed E-state index contributed by atoms with van der Waals surface area (Å²) in [5.41, 5.74) is 1.05. The van der Waals surface area contributed by atoms with Gasteiger partial charge in [-0.2, -0.15) is 0 Å². The molecule has 7 heteroatoms. The molecule has 0 radical (unpaired) electrons. The first-order valence-electron chi connectivity index (χ1n) is 7.15. The predicted octanol–water partition coefficient (Wildman–Crippen LogP) is 4.51. The third kappa shape index (κ3) is 4.94. The Kier molecular flexibility index (Phi) is 6.17. The van der Waals surface area contributed by atoms with Gasteiger partial charge in [-0.1, -0.05) is 23.2 Å². The number of hydrogen-bond acceptors (Lipinski definition) is 2. The zero-order chi connectivity index (χ0) is 17.7. The van der Waals surface area contributed by atoms with E-state index >= 15 is 0 Å². The topological polar surface area (TPSA) is 49.4 Å². The number of nitrogens with one attached hydrogen (secondary N) is 1. The van der Waals surface area contributed by atoms with Crippen LogP contribution in [0.15, 0.2) is 42.5 Å². The molecule has 0 saturated heterocycles. The molecule has 0 aliphatic heterocycles. The number of carbonyl (C=O) groups excluding carboxylic acids is 2. The van der Waals surface area contributed by atoms with E-state index in [9.17, 15) is 14.0 Å². The smallest absolute Gasteiger partial charge is 0.226 e. The first kappa shape index (κ1) is 18.2. The summed E-state index contributed by atoms with van der Waals surface area (Å²) in [4.78, 5) is 25.3. The van der Waals surface area contributed by atoms with Gasteiger partial charge in [0, 0.05) is 36.3 Å². The summed E-state index contributed by atoms with van der Waals surface area (Å²) >= 11 is 11.5. The number of anilines is 2. The Balaban J connectivity index is 1.98. The lowest BCUT2D eigenvalue weighted by atomic mass is 10.2. The molecule has 2 aromatic carbocycles. The van der Waals surface area contributed by atoms with Crippen molar-refractivity contribution in [3.05, 3.63) is 58.3 Å². The van der Waals surface area contributed by atoms with E-state index in [1.54, 1.807) is 24.3 Å². The highest BCUT2D eigenvalue weighted by Gasteiger charge is 2.14. The minimum atomic E-state index is -0.555. The molecule has 0 spiro atoms. The van der Waals surface area contributed by atoms with Crippen LogP contribution in [-0.2, 0) is 9.59 Å². The number of nitrogens with zero attached hydrogens (tertiary/aromatic N) is 1. The Morgan fingerprint density at radius 2 is 1.79 bits per heavy atom. The van der Waals surface area contributed by atoms with Crippen molar-refractivity contribution in [1.82, 2.24) is 0 Å². The van der Waals surface area contributed by atoms with Crippen LogP contribution < -0.4 is 10.2 Å². The van der Waals surface area contributed by atoms with Crippen LogP contribution in [-0.4, -0.2) is 18.4 Å². The molecule has 0 aliphatic rings. The van der Waals surface area contributed by atoms with Crippen LogP contribution in [0.2, 0.25) is 10.0 Å². The van der Waals surface area contributed by atoms with E-state index in [0.717, 1.165) is 0 Å². The van der Waals surface area contributed by atoms with Crippen LogP contribution in [0.3, 0.4) is 0 Å². The van der Waals surface area contributed by atoms with E-state index in [2.05, 4.69) is 5.32 Å². The molecular formula is C17H15Cl2FN2O2. The lowest BCUT2D eigenvalue weighted by molar-refractivity contribution is -0.117. The van der Waals surface area contributed by atoms with Gasteiger partial charge in [-0.05, 0) is 42.5 Å². The standard InChI is InChI=1S/C17H15Cl2FN2O2/c1-11(23)22(14-5-2-12(18)3-6-14)9-8-17(24)21-13-4-7-16(20)15(19)10-13/h2-7,10H,8-9H2,1H3,(H,21,24). The Morgan fingerprint density at radius 1 is 1.12 bits per heavy atom. The van der Waals surface area contributed by atoms with E-state index in [0.29, 0.717) is 16.4 Å². The van der Waals surface area contributed by atoms with Gasteiger partial charge in [0.15, 0.2) is 0 Å². The van der Waals surface area contributed by atoms with Gasteiger partial charge in [0.05, 0.1) is 5.02 Å². The molecular weight excluding hydrogens is 354 g/mol. The summed E-state index contributed by atoms with van der Waals surface area (Å²) in [5.74, 6) is -1.05. The second-order valence-electron chi connectivity index (χ2n) is 5.07. The molecule has 4 nitrogen and oxygen atoms in total. The van der Waals surface area contributed by atoms with Crippen molar-refractivity contribution in [2.24, 2.45) is 0 Å². The molecule has 0 aromatic heterocycles. The lowest BCUT2D eigenvalue weighted by Crippen LogP contribution is -2.31. The molecule has 0 saturated carbocycles. The van der Waals surface area contributed by atoms with E-state index in [1.165, 1.54) is 30.0 Å². The highest BCUT2D eigenvalue weighted by atomic mass is 35.5. The number of amides is 2. The average molecular weight is 369 g/mol. The maximum Gasteiger partial charge on any atom is 0.226 e. The first-order valence-corrected chi connectivity index (χ1v) is 7.91. The molecule has 126 valence electrons. The van der Waals surface area contributed by atoms with Gasteiger partial charge >= 0.3 is 0 Å². The van der Waals surface area contributed by atoms with Crippen LogP contribution in [0.25, 0.3) is 0 Å². The average Bonchev–Trinajstić information content (AvgIpc) is 2.52. The van der Waals surface area contributed by atoms with Crippen LogP contribution in [0.1, 0.15) is 13.3 Å². The predicted molar refractivity (Wildman–Crippen MR) is 94.1 cm³/mol. The summed E-state index contributed by atoms with van der Waals surface area (Å²) in [6, 6.07) is 10.7. The van der Waals surface area contributed by atoms with Crippen molar-refractivity contribution >= 4 is 46.4 Å². The Labute approximate surface area is 149 Å². The second kappa shape index (κ2) is 8.13. The highest BCUT2D eigenvalue weighted by molar-refractivity contribution is 6.31. The molecule has 2 amide bonds. The zero-order valence-corrected chi connectivity index (χ0v) is 14.4. The van der Waals surface area contributed by atoms with Gasteiger partial charge in [0.1, 0.15) is 5.82 Å². The van der Waals surface area contributed by atoms with Gasteiger partial charge < -0.3 is 10.2 Å². The van der Waals surface area contributed by atoms with Gasteiger partial charge in [-0.3, -0.25) is 9.59 Å². The second-order valence-corrected chi connectivity index (χ2v) is 5.92. The minimum Gasteiger partial charge on any atom is -0.326 e. The first-order chi connectivity index (χ1) is 11.4. The SMILES string of the molecule is CC(=O)N(CCC(=O)Nc1ccc(F)c(Cl)c1)c1ccc(Cl)cc1. The summed E-state index contributed by atoms with van der Waals surface area (Å²) in [6.45, 7) is 1.63. The number of benzene rings is 2. The van der Waals surface area contributed by atoms with Gasteiger partial charge in [-0.25, -0.2) is 4.39 Å². The maximum atomic E-state index is 13.1. The zero-order valence-electron chi connectivity index (χ0n) is 12.9. The minimum absolute atomic E-state index is 0.0701. The Hall–Kier alpha value is -2.11. The van der Waals surface area contributed by atoms with Crippen molar-refractivity contribution in [2.45, 2.75) is 13.3 Å². The molecule has 0 fully saturated rings. The molecule has 24 heavy (non-hydrogen) atoms. The van der Waals surface area contributed by atoms with Crippen LogP contribution in [0, 0.1) is 5.82 Å². The molecule has 2 aromatic rings. The van der Waals surface area contributed by atoms with Crippen molar-refractivity contribution in [3.8, 4) is 0 Å². The molecule has 0 aliphatic carbocycles. The van der Waals surface area contributed by atoms with Gasteiger partial charge in [0.25, 0.3) is 0 Å². The van der Waals surface area contributed by atoms with E-state index in [1.807, 2.05) is 0 Å². The Bertz CT molecular complexity index is 751. The molecule has 1 N–H and O–H groups in total. The van der Waals surface area contributed by atoms with Crippen LogP contribution in [0.5, 0.6) is 0 Å². The molecule has 0 bridgehead atoms. The summed E-state index contributed by atoms with van der Waals surface area (Å²) in [6.07, 6.45) is 0.0806.